The zero-order valence-corrected chi connectivity index (χ0v) is 12.2. The van der Waals surface area contributed by atoms with Gasteiger partial charge < -0.3 is 30.2 Å². The molecular weight excluding hydrogens is 235 g/mol. The molecule has 7 heteroatoms. The molecule has 3 nitrogen and oxygen atoms in total. The summed E-state index contributed by atoms with van der Waals surface area (Å²) in [6, 6.07) is 1.55. The molecule has 0 saturated carbocycles. The van der Waals surface area contributed by atoms with Gasteiger partial charge in [-0.3, -0.25) is 8.75 Å². The Balaban J connectivity index is 0. The minimum atomic E-state index is 0. The van der Waals surface area contributed by atoms with Crippen molar-refractivity contribution < 1.29 is 29.6 Å². The SMILES string of the molecule is CNC(=S)[S-].Cn1sccc1=O.[Na+]. The van der Waals surface area contributed by atoms with Crippen molar-refractivity contribution in [2.75, 3.05) is 7.05 Å². The third kappa shape index (κ3) is 8.86. The van der Waals surface area contributed by atoms with Crippen LogP contribution in [-0.2, 0) is 19.7 Å². The third-order valence-corrected chi connectivity index (χ3v) is 2.11. The number of rotatable bonds is 0. The second-order valence-electron chi connectivity index (χ2n) is 1.78. The van der Waals surface area contributed by atoms with E-state index in [9.17, 15) is 4.79 Å². The minimum Gasteiger partial charge on any atom is -0.412 e. The molecule has 0 unspecified atom stereocenters. The quantitative estimate of drug-likeness (QED) is 0.310. The molecule has 0 aliphatic carbocycles. The number of aryl methyl sites for hydroxylation is 1. The average molecular weight is 244 g/mol. The van der Waals surface area contributed by atoms with E-state index in [1.807, 2.05) is 0 Å². The molecule has 0 spiro atoms. The van der Waals surface area contributed by atoms with E-state index >= 15 is 0 Å². The average Bonchev–Trinajstić information content (AvgIpc) is 2.37. The second-order valence-corrected chi connectivity index (χ2v) is 3.89. The number of nitrogens with zero attached hydrogens (tertiary/aromatic N) is 1. The molecule has 0 atom stereocenters. The first-order valence-electron chi connectivity index (χ1n) is 3.07. The number of thiocarbonyl (C=S) groups is 1. The Labute approximate surface area is 114 Å². The van der Waals surface area contributed by atoms with E-state index in [2.05, 4.69) is 30.2 Å². The summed E-state index contributed by atoms with van der Waals surface area (Å²) in [5.74, 6) is 0. The minimum absolute atomic E-state index is 0. The molecule has 0 saturated heterocycles. The first kappa shape index (κ1) is 16.0. The van der Waals surface area contributed by atoms with E-state index < -0.39 is 0 Å². The molecule has 0 aliphatic heterocycles. The maximum atomic E-state index is 10.4. The van der Waals surface area contributed by atoms with Crippen molar-refractivity contribution in [3.8, 4) is 0 Å². The number of hydrogen-bond acceptors (Lipinski definition) is 4. The molecule has 68 valence electrons. The molecular formula is C6H9N2NaOS3. The van der Waals surface area contributed by atoms with Crippen molar-refractivity contribution in [1.82, 2.24) is 9.27 Å². The van der Waals surface area contributed by atoms with Crippen LogP contribution in [0.2, 0.25) is 0 Å². The van der Waals surface area contributed by atoms with E-state index in [0.29, 0.717) is 4.32 Å². The van der Waals surface area contributed by atoms with Crippen molar-refractivity contribution in [2.24, 2.45) is 7.05 Å². The Morgan fingerprint density at radius 2 is 2.23 bits per heavy atom. The van der Waals surface area contributed by atoms with Gasteiger partial charge in [-0.2, -0.15) is 0 Å². The molecule has 0 bridgehead atoms. The van der Waals surface area contributed by atoms with Gasteiger partial charge in [-0.25, -0.2) is 0 Å². The van der Waals surface area contributed by atoms with Gasteiger partial charge in [-0.15, -0.1) is 0 Å². The summed E-state index contributed by atoms with van der Waals surface area (Å²) in [6.07, 6.45) is 0. The Kier molecular flexibility index (Phi) is 11.2. The van der Waals surface area contributed by atoms with Crippen LogP contribution in [0.3, 0.4) is 0 Å². The molecule has 1 heterocycles. The number of hydrogen-bond donors (Lipinski definition) is 1. The van der Waals surface area contributed by atoms with Crippen LogP contribution in [0.25, 0.3) is 0 Å². The van der Waals surface area contributed by atoms with Crippen LogP contribution in [0.15, 0.2) is 16.2 Å². The third-order valence-electron chi connectivity index (χ3n) is 0.944. The molecule has 1 aromatic heterocycles. The maximum absolute atomic E-state index is 10.4. The zero-order valence-electron chi connectivity index (χ0n) is 7.73. The molecule has 0 fully saturated rings. The normalized spacial score (nSPS) is 7.54. The van der Waals surface area contributed by atoms with Crippen LogP contribution in [0, 0.1) is 0 Å². The molecule has 1 N–H and O–H groups in total. The predicted octanol–water partition coefficient (Wildman–Crippen LogP) is -2.51. The largest absolute Gasteiger partial charge is 1.00 e. The topological polar surface area (TPSA) is 34.0 Å². The van der Waals surface area contributed by atoms with Gasteiger partial charge in [0.15, 0.2) is 0 Å². The summed E-state index contributed by atoms with van der Waals surface area (Å²) >= 11 is 10.2. The summed E-state index contributed by atoms with van der Waals surface area (Å²) in [4.78, 5) is 10.4. The summed E-state index contributed by atoms with van der Waals surface area (Å²) in [5.41, 5.74) is 0.0741. The fourth-order valence-electron chi connectivity index (χ4n) is 0.337. The smallest absolute Gasteiger partial charge is 0.412 e. The van der Waals surface area contributed by atoms with Crippen molar-refractivity contribution in [3.63, 3.8) is 0 Å². The summed E-state index contributed by atoms with van der Waals surface area (Å²) in [6.45, 7) is 0. The van der Waals surface area contributed by atoms with Gasteiger partial charge in [0, 0.05) is 25.5 Å². The molecule has 0 amide bonds. The Bertz CT molecular complexity index is 296. The first-order chi connectivity index (χ1) is 5.57. The summed E-state index contributed by atoms with van der Waals surface area (Å²) in [5, 5.41) is 4.34. The first-order valence-corrected chi connectivity index (χ1v) is 4.73. The van der Waals surface area contributed by atoms with Crippen molar-refractivity contribution >= 4 is 40.7 Å². The number of aromatic nitrogens is 1. The van der Waals surface area contributed by atoms with Crippen molar-refractivity contribution in [2.45, 2.75) is 0 Å². The van der Waals surface area contributed by atoms with Crippen LogP contribution in [0.5, 0.6) is 0 Å². The van der Waals surface area contributed by atoms with E-state index in [-0.39, 0.29) is 35.1 Å². The molecule has 1 aromatic rings. The van der Waals surface area contributed by atoms with Crippen molar-refractivity contribution in [3.05, 3.63) is 21.8 Å². The molecule has 0 radical (unpaired) electrons. The van der Waals surface area contributed by atoms with Gasteiger partial charge in [-0.05, 0) is 0 Å². The van der Waals surface area contributed by atoms with Gasteiger partial charge in [0.05, 0.1) is 0 Å². The monoisotopic (exact) mass is 244 g/mol. The zero-order chi connectivity index (χ0) is 9.56. The van der Waals surface area contributed by atoms with Crippen LogP contribution in [0.4, 0.5) is 0 Å². The van der Waals surface area contributed by atoms with Gasteiger partial charge in [-0.1, -0.05) is 15.9 Å². The fourth-order valence-corrected chi connectivity index (χ4v) is 0.861. The van der Waals surface area contributed by atoms with Gasteiger partial charge >= 0.3 is 29.6 Å². The van der Waals surface area contributed by atoms with E-state index in [4.69, 9.17) is 0 Å². The van der Waals surface area contributed by atoms with Crippen LogP contribution in [0.1, 0.15) is 0 Å². The van der Waals surface area contributed by atoms with Gasteiger partial charge in [0.2, 0.25) is 0 Å². The van der Waals surface area contributed by atoms with E-state index in [1.165, 1.54) is 11.5 Å². The number of nitrogens with one attached hydrogen (secondary N) is 1. The standard InChI is InChI=1S/C4H5NOS.C2H5NS2.Na/c1-5-4(6)2-3-7-5;1-3-2(4)5;/h2-3H,1H3;1H3,(H2,3,4,5);/q;;+1/p-1. The van der Waals surface area contributed by atoms with Crippen molar-refractivity contribution in [1.29, 1.82) is 0 Å². The fraction of sp³-hybridized carbons (Fsp3) is 0.333. The van der Waals surface area contributed by atoms with Crippen LogP contribution >= 0.6 is 23.8 Å². The van der Waals surface area contributed by atoms with Gasteiger partial charge in [0.25, 0.3) is 5.56 Å². The molecule has 0 aromatic carbocycles. The maximum Gasteiger partial charge on any atom is 1.00 e. The molecule has 0 aliphatic rings. The summed E-state index contributed by atoms with van der Waals surface area (Å²) in [7, 11) is 3.45. The van der Waals surface area contributed by atoms with E-state index in [1.54, 1.807) is 29.5 Å². The van der Waals surface area contributed by atoms with Crippen LogP contribution < -0.4 is 40.4 Å². The van der Waals surface area contributed by atoms with E-state index in [0.717, 1.165) is 0 Å². The molecule has 1 rings (SSSR count). The van der Waals surface area contributed by atoms with Crippen LogP contribution in [-0.4, -0.2) is 15.3 Å². The second kappa shape index (κ2) is 9.11. The predicted molar refractivity (Wildman–Crippen MR) is 58.6 cm³/mol. The Morgan fingerprint density at radius 1 is 1.77 bits per heavy atom. The summed E-state index contributed by atoms with van der Waals surface area (Å²) < 4.78 is 1.99. The Morgan fingerprint density at radius 3 is 2.31 bits per heavy atom. The van der Waals surface area contributed by atoms with Gasteiger partial charge in [0.1, 0.15) is 0 Å². The molecule has 13 heavy (non-hydrogen) atoms. The Hall–Kier alpha value is 0.540.